The number of thiazole rings is 1. The number of carbonyl (C=O) groups is 1. The SMILES string of the molecule is CCc1cnc([C@H](C)NC(=O)N2CCCC[C@H]2c2cn[nH]c2)s1. The number of aryl methyl sites for hydroxylation is 1. The zero-order valence-corrected chi connectivity index (χ0v) is 14.4. The topological polar surface area (TPSA) is 73.9 Å². The van der Waals surface area contributed by atoms with Crippen LogP contribution in [0, 0.1) is 0 Å². The van der Waals surface area contributed by atoms with Gasteiger partial charge in [-0.05, 0) is 32.6 Å². The number of urea groups is 1. The van der Waals surface area contributed by atoms with Crippen LogP contribution in [0.1, 0.15) is 60.6 Å². The first-order chi connectivity index (χ1) is 11.2. The Morgan fingerprint density at radius 2 is 2.39 bits per heavy atom. The van der Waals surface area contributed by atoms with E-state index in [1.165, 1.54) is 4.88 Å². The summed E-state index contributed by atoms with van der Waals surface area (Å²) in [5, 5.41) is 10.9. The molecule has 0 unspecified atom stereocenters. The highest BCUT2D eigenvalue weighted by atomic mass is 32.1. The largest absolute Gasteiger partial charge is 0.329 e. The second-order valence-corrected chi connectivity index (χ2v) is 7.07. The van der Waals surface area contributed by atoms with Gasteiger partial charge in [0.1, 0.15) is 5.01 Å². The Balaban J connectivity index is 1.68. The fourth-order valence-corrected chi connectivity index (χ4v) is 3.84. The molecule has 7 heteroatoms. The summed E-state index contributed by atoms with van der Waals surface area (Å²) in [4.78, 5) is 20.3. The summed E-state index contributed by atoms with van der Waals surface area (Å²) in [5.74, 6) is 0. The van der Waals surface area contributed by atoms with Crippen molar-refractivity contribution >= 4 is 17.4 Å². The monoisotopic (exact) mass is 333 g/mol. The lowest BCUT2D eigenvalue weighted by atomic mass is 9.98. The van der Waals surface area contributed by atoms with Crippen molar-refractivity contribution in [3.8, 4) is 0 Å². The lowest BCUT2D eigenvalue weighted by molar-refractivity contribution is 0.149. The van der Waals surface area contributed by atoms with Crippen LogP contribution in [0.4, 0.5) is 4.79 Å². The van der Waals surface area contributed by atoms with Crippen LogP contribution >= 0.6 is 11.3 Å². The van der Waals surface area contributed by atoms with E-state index >= 15 is 0 Å². The number of piperidine rings is 1. The number of nitrogens with zero attached hydrogens (tertiary/aromatic N) is 3. The van der Waals surface area contributed by atoms with Crippen LogP contribution < -0.4 is 5.32 Å². The van der Waals surface area contributed by atoms with E-state index in [0.29, 0.717) is 0 Å². The molecule has 23 heavy (non-hydrogen) atoms. The van der Waals surface area contributed by atoms with Gasteiger partial charge in [-0.15, -0.1) is 11.3 Å². The maximum absolute atomic E-state index is 12.7. The van der Waals surface area contributed by atoms with E-state index in [2.05, 4.69) is 27.4 Å². The van der Waals surface area contributed by atoms with E-state index in [1.54, 1.807) is 11.3 Å². The quantitative estimate of drug-likeness (QED) is 0.900. The Morgan fingerprint density at radius 3 is 3.09 bits per heavy atom. The Kier molecular flexibility index (Phi) is 4.95. The molecule has 0 bridgehead atoms. The summed E-state index contributed by atoms with van der Waals surface area (Å²) in [7, 11) is 0. The van der Waals surface area contributed by atoms with Gasteiger partial charge in [-0.3, -0.25) is 5.10 Å². The lowest BCUT2D eigenvalue weighted by Crippen LogP contribution is -2.45. The molecule has 0 radical (unpaired) electrons. The molecule has 3 rings (SSSR count). The van der Waals surface area contributed by atoms with E-state index in [1.807, 2.05) is 30.4 Å². The summed E-state index contributed by atoms with van der Waals surface area (Å²) in [6, 6.07) is 0.0218. The van der Waals surface area contributed by atoms with E-state index in [0.717, 1.165) is 42.8 Å². The van der Waals surface area contributed by atoms with Gasteiger partial charge in [0.05, 0.1) is 18.3 Å². The Bertz CT molecular complexity index is 639. The maximum atomic E-state index is 12.7. The van der Waals surface area contributed by atoms with E-state index in [4.69, 9.17) is 0 Å². The van der Waals surface area contributed by atoms with Gasteiger partial charge in [-0.25, -0.2) is 9.78 Å². The van der Waals surface area contributed by atoms with Crippen molar-refractivity contribution in [1.82, 2.24) is 25.4 Å². The minimum absolute atomic E-state index is 0.0170. The van der Waals surface area contributed by atoms with Gasteiger partial charge >= 0.3 is 6.03 Å². The predicted octanol–water partition coefficient (Wildman–Crippen LogP) is 3.43. The van der Waals surface area contributed by atoms with Gasteiger partial charge in [-0.1, -0.05) is 6.92 Å². The van der Waals surface area contributed by atoms with Crippen molar-refractivity contribution in [2.75, 3.05) is 6.54 Å². The van der Waals surface area contributed by atoms with Gasteiger partial charge in [-0.2, -0.15) is 5.10 Å². The van der Waals surface area contributed by atoms with Gasteiger partial charge in [0.2, 0.25) is 0 Å². The number of hydrogen-bond donors (Lipinski definition) is 2. The molecule has 1 saturated heterocycles. The zero-order valence-electron chi connectivity index (χ0n) is 13.6. The molecule has 2 amide bonds. The van der Waals surface area contributed by atoms with Crippen LogP contribution in [0.3, 0.4) is 0 Å². The van der Waals surface area contributed by atoms with Crippen LogP contribution in [0.5, 0.6) is 0 Å². The van der Waals surface area contributed by atoms with Crippen LogP contribution in [0.15, 0.2) is 18.6 Å². The predicted molar refractivity (Wildman–Crippen MR) is 90.3 cm³/mol. The van der Waals surface area contributed by atoms with Crippen LogP contribution in [-0.4, -0.2) is 32.7 Å². The number of rotatable bonds is 4. The van der Waals surface area contributed by atoms with E-state index < -0.39 is 0 Å². The minimum atomic E-state index is -0.0697. The normalized spacial score (nSPS) is 19.6. The molecule has 3 heterocycles. The first kappa shape index (κ1) is 16.0. The molecule has 0 aliphatic carbocycles. The number of aromatic amines is 1. The van der Waals surface area contributed by atoms with Gasteiger partial charge in [0, 0.05) is 29.4 Å². The van der Waals surface area contributed by atoms with E-state index in [9.17, 15) is 4.79 Å². The smallest absolute Gasteiger partial charge is 0.318 e. The molecular formula is C16H23N5OS. The summed E-state index contributed by atoms with van der Waals surface area (Å²) < 4.78 is 0. The number of hydrogen-bond acceptors (Lipinski definition) is 4. The summed E-state index contributed by atoms with van der Waals surface area (Å²) >= 11 is 1.67. The average molecular weight is 333 g/mol. The van der Waals surface area contributed by atoms with Gasteiger partial charge in [0.15, 0.2) is 0 Å². The second kappa shape index (κ2) is 7.12. The third-order valence-corrected chi connectivity index (χ3v) is 5.62. The molecule has 1 aliphatic rings. The first-order valence-corrected chi connectivity index (χ1v) is 9.01. The van der Waals surface area contributed by atoms with E-state index in [-0.39, 0.29) is 18.1 Å². The molecule has 2 atom stereocenters. The third kappa shape index (κ3) is 3.55. The minimum Gasteiger partial charge on any atom is -0.329 e. The van der Waals surface area contributed by atoms with Crippen molar-refractivity contribution in [2.24, 2.45) is 0 Å². The molecule has 0 aromatic carbocycles. The number of carbonyl (C=O) groups excluding carboxylic acids is 1. The average Bonchev–Trinajstić information content (AvgIpc) is 3.26. The Morgan fingerprint density at radius 1 is 1.52 bits per heavy atom. The summed E-state index contributed by atoms with van der Waals surface area (Å²) in [6.07, 6.45) is 9.75. The molecule has 2 aromatic rings. The van der Waals surface area contributed by atoms with Crippen molar-refractivity contribution in [2.45, 2.75) is 51.6 Å². The summed E-state index contributed by atoms with van der Waals surface area (Å²) in [6.45, 7) is 4.89. The molecule has 2 aromatic heterocycles. The van der Waals surface area contributed by atoms with Crippen LogP contribution in [0.25, 0.3) is 0 Å². The van der Waals surface area contributed by atoms with Gasteiger partial charge in [0.25, 0.3) is 0 Å². The Labute approximate surface area is 140 Å². The summed E-state index contributed by atoms with van der Waals surface area (Å²) in [5.41, 5.74) is 1.08. The number of nitrogens with one attached hydrogen (secondary N) is 2. The fraction of sp³-hybridized carbons (Fsp3) is 0.562. The number of likely N-dealkylation sites (tertiary alicyclic amines) is 1. The van der Waals surface area contributed by atoms with Crippen LogP contribution in [-0.2, 0) is 6.42 Å². The van der Waals surface area contributed by atoms with Crippen molar-refractivity contribution in [3.63, 3.8) is 0 Å². The molecular weight excluding hydrogens is 310 g/mol. The molecule has 2 N–H and O–H groups in total. The second-order valence-electron chi connectivity index (χ2n) is 5.93. The molecule has 0 saturated carbocycles. The molecule has 124 valence electrons. The highest BCUT2D eigenvalue weighted by Gasteiger charge is 2.29. The first-order valence-electron chi connectivity index (χ1n) is 8.19. The third-order valence-electron chi connectivity index (χ3n) is 4.30. The highest BCUT2D eigenvalue weighted by molar-refractivity contribution is 7.11. The van der Waals surface area contributed by atoms with Crippen molar-refractivity contribution in [1.29, 1.82) is 0 Å². The lowest BCUT2D eigenvalue weighted by Gasteiger charge is -2.35. The van der Waals surface area contributed by atoms with Crippen molar-refractivity contribution in [3.05, 3.63) is 34.0 Å². The fourth-order valence-electron chi connectivity index (χ4n) is 2.98. The zero-order chi connectivity index (χ0) is 16.2. The standard InChI is InChI=1S/C16H23N5OS/c1-3-13-10-17-15(23-13)11(2)20-16(22)21-7-5-4-6-14(21)12-8-18-19-9-12/h8-11,14H,3-7H2,1-2H3,(H,18,19)(H,20,22)/t11-,14-/m0/s1. The highest BCUT2D eigenvalue weighted by Crippen LogP contribution is 2.30. The molecule has 6 nitrogen and oxygen atoms in total. The van der Waals surface area contributed by atoms with Crippen molar-refractivity contribution < 1.29 is 4.79 Å². The molecule has 1 fully saturated rings. The number of aromatic nitrogens is 3. The molecule has 1 aliphatic heterocycles. The van der Waals surface area contributed by atoms with Gasteiger partial charge < -0.3 is 10.2 Å². The van der Waals surface area contributed by atoms with Crippen LogP contribution in [0.2, 0.25) is 0 Å². The maximum Gasteiger partial charge on any atom is 0.318 e. The molecule has 0 spiro atoms. The Hall–Kier alpha value is -1.89. The number of amides is 2. The number of H-pyrrole nitrogens is 1.